The van der Waals surface area contributed by atoms with Gasteiger partial charge in [-0.3, -0.25) is 5.01 Å². The second-order valence-corrected chi connectivity index (χ2v) is 7.93. The highest BCUT2D eigenvalue weighted by Crippen LogP contribution is 2.39. The summed E-state index contributed by atoms with van der Waals surface area (Å²) in [5, 5.41) is 11.3. The first kappa shape index (κ1) is 14.2. The van der Waals surface area contributed by atoms with Crippen molar-refractivity contribution in [3.63, 3.8) is 0 Å². The second-order valence-electron chi connectivity index (χ2n) is 5.08. The Balaban J connectivity index is 1.76. The van der Waals surface area contributed by atoms with Crippen molar-refractivity contribution in [3.05, 3.63) is 73.5 Å². The molecule has 2 aromatic heterocycles. The fourth-order valence-corrected chi connectivity index (χ4v) is 4.58. The number of benzene rings is 1. The zero-order chi connectivity index (χ0) is 14.9. The number of hydrazone groups is 1. The van der Waals surface area contributed by atoms with Gasteiger partial charge in [0.05, 0.1) is 22.3 Å². The molecule has 1 atom stereocenters. The van der Waals surface area contributed by atoms with Crippen LogP contribution in [-0.4, -0.2) is 5.71 Å². The molecular weight excluding hydrogens is 376 g/mol. The van der Waals surface area contributed by atoms with Gasteiger partial charge in [0.1, 0.15) is 0 Å². The van der Waals surface area contributed by atoms with Crippen molar-refractivity contribution >= 4 is 50.0 Å². The molecule has 0 saturated carbocycles. The molecule has 0 bridgehead atoms. The number of rotatable bonds is 3. The fourth-order valence-electron chi connectivity index (χ4n) is 2.66. The molecule has 1 aromatic carbocycles. The van der Waals surface area contributed by atoms with E-state index in [0.29, 0.717) is 0 Å². The van der Waals surface area contributed by atoms with Crippen LogP contribution >= 0.6 is 38.6 Å². The highest BCUT2D eigenvalue weighted by molar-refractivity contribution is 9.10. The molecule has 1 aliphatic heterocycles. The maximum atomic E-state index is 4.93. The van der Waals surface area contributed by atoms with Gasteiger partial charge in [0.25, 0.3) is 0 Å². The number of thiophene rings is 2. The van der Waals surface area contributed by atoms with Crippen molar-refractivity contribution < 1.29 is 0 Å². The molecule has 0 N–H and O–H groups in total. The van der Waals surface area contributed by atoms with Crippen molar-refractivity contribution in [1.29, 1.82) is 0 Å². The Hall–Kier alpha value is -1.43. The summed E-state index contributed by atoms with van der Waals surface area (Å²) in [5.74, 6) is 0. The molecule has 22 heavy (non-hydrogen) atoms. The number of anilines is 1. The van der Waals surface area contributed by atoms with Crippen molar-refractivity contribution in [2.75, 3.05) is 5.01 Å². The van der Waals surface area contributed by atoms with Gasteiger partial charge in [-0.15, -0.1) is 22.7 Å². The molecule has 3 aromatic rings. The van der Waals surface area contributed by atoms with Crippen LogP contribution in [0.25, 0.3) is 0 Å². The topological polar surface area (TPSA) is 15.6 Å². The summed E-state index contributed by atoms with van der Waals surface area (Å²) in [6.07, 6.45) is 0.952. The van der Waals surface area contributed by atoms with Gasteiger partial charge >= 0.3 is 0 Å². The largest absolute Gasteiger partial charge is 0.256 e. The van der Waals surface area contributed by atoms with E-state index in [1.165, 1.54) is 15.5 Å². The van der Waals surface area contributed by atoms with Gasteiger partial charge in [-0.2, -0.15) is 5.10 Å². The Morgan fingerprint density at radius 3 is 2.64 bits per heavy atom. The molecule has 4 rings (SSSR count). The third-order valence-corrected chi connectivity index (χ3v) is 6.05. The highest BCUT2D eigenvalue weighted by atomic mass is 79.9. The van der Waals surface area contributed by atoms with Gasteiger partial charge in [-0.05, 0) is 41.1 Å². The molecule has 0 fully saturated rings. The lowest BCUT2D eigenvalue weighted by atomic mass is 10.1. The number of halogens is 1. The Bertz CT molecular complexity index is 794. The molecule has 1 unspecified atom stereocenters. The van der Waals surface area contributed by atoms with Crippen LogP contribution in [0.3, 0.4) is 0 Å². The van der Waals surface area contributed by atoms with Crippen LogP contribution in [0.5, 0.6) is 0 Å². The number of hydrogen-bond donors (Lipinski definition) is 0. The van der Waals surface area contributed by atoms with Crippen LogP contribution in [0.4, 0.5) is 5.69 Å². The molecule has 0 aliphatic carbocycles. The summed E-state index contributed by atoms with van der Waals surface area (Å²) in [6, 6.07) is 17.2. The summed E-state index contributed by atoms with van der Waals surface area (Å²) in [7, 11) is 0. The third kappa shape index (κ3) is 2.64. The smallest absolute Gasteiger partial charge is 0.0924 e. The molecule has 110 valence electrons. The first-order valence-corrected chi connectivity index (χ1v) is 9.56. The Morgan fingerprint density at radius 1 is 1.05 bits per heavy atom. The maximum absolute atomic E-state index is 4.93. The van der Waals surface area contributed by atoms with E-state index in [1.807, 2.05) is 6.07 Å². The number of nitrogens with zero attached hydrogens (tertiary/aromatic N) is 2. The number of hydrogen-bond acceptors (Lipinski definition) is 4. The summed E-state index contributed by atoms with van der Waals surface area (Å²) < 4.78 is 1.08. The third-order valence-electron chi connectivity index (χ3n) is 3.66. The van der Waals surface area contributed by atoms with E-state index in [4.69, 9.17) is 5.10 Å². The van der Waals surface area contributed by atoms with Crippen molar-refractivity contribution in [3.8, 4) is 0 Å². The van der Waals surface area contributed by atoms with Crippen molar-refractivity contribution in [1.82, 2.24) is 0 Å². The van der Waals surface area contributed by atoms with Gasteiger partial charge in [-0.1, -0.05) is 34.1 Å². The van der Waals surface area contributed by atoms with Crippen molar-refractivity contribution in [2.24, 2.45) is 5.10 Å². The van der Waals surface area contributed by atoms with Gasteiger partial charge in [0, 0.05) is 15.8 Å². The summed E-state index contributed by atoms with van der Waals surface area (Å²) in [6.45, 7) is 0. The Labute approximate surface area is 145 Å². The first-order chi connectivity index (χ1) is 10.8. The molecule has 0 radical (unpaired) electrons. The average Bonchev–Trinajstić information content (AvgIpc) is 3.27. The van der Waals surface area contributed by atoms with Gasteiger partial charge < -0.3 is 0 Å². The molecule has 0 spiro atoms. The van der Waals surface area contributed by atoms with Crippen LogP contribution in [0.1, 0.15) is 22.2 Å². The van der Waals surface area contributed by atoms with Crippen LogP contribution in [0.2, 0.25) is 0 Å². The Kier molecular flexibility index (Phi) is 3.86. The van der Waals surface area contributed by atoms with Crippen LogP contribution in [0.15, 0.2) is 68.9 Å². The van der Waals surface area contributed by atoms with Crippen LogP contribution in [0, 0.1) is 0 Å². The maximum Gasteiger partial charge on any atom is 0.0924 e. The lowest BCUT2D eigenvalue weighted by Gasteiger charge is -2.22. The molecule has 5 heteroatoms. The minimum atomic E-state index is 0.284. The molecule has 1 aliphatic rings. The zero-order valence-electron chi connectivity index (χ0n) is 11.6. The van der Waals surface area contributed by atoms with Crippen molar-refractivity contribution in [2.45, 2.75) is 12.5 Å². The van der Waals surface area contributed by atoms with Gasteiger partial charge in [0.15, 0.2) is 0 Å². The molecule has 0 saturated heterocycles. The van der Waals surface area contributed by atoms with E-state index in [1.54, 1.807) is 22.7 Å². The lowest BCUT2D eigenvalue weighted by Crippen LogP contribution is -2.17. The molecular formula is C17H13BrN2S2. The standard InChI is InChI=1S/C17H13BrN2S2/c18-12-4-1-5-13(10-12)20-15(17-7-3-9-22-17)11-14(19-20)16-6-2-8-21-16/h1-10,15H,11H2. The minimum absolute atomic E-state index is 0.284. The molecule has 3 heterocycles. The predicted octanol–water partition coefficient (Wildman–Crippen LogP) is 5.93. The normalized spacial score (nSPS) is 17.8. The Morgan fingerprint density at radius 2 is 1.91 bits per heavy atom. The highest BCUT2D eigenvalue weighted by Gasteiger charge is 2.30. The predicted molar refractivity (Wildman–Crippen MR) is 99.2 cm³/mol. The SMILES string of the molecule is Brc1cccc(N2N=C(c3cccs3)CC2c2cccs2)c1. The van der Waals surface area contributed by atoms with E-state index < -0.39 is 0 Å². The van der Waals surface area contributed by atoms with E-state index in [9.17, 15) is 0 Å². The van der Waals surface area contributed by atoms with E-state index >= 15 is 0 Å². The second kappa shape index (κ2) is 5.99. The van der Waals surface area contributed by atoms with E-state index in [0.717, 1.165) is 16.6 Å². The van der Waals surface area contributed by atoms with Crippen LogP contribution < -0.4 is 5.01 Å². The molecule has 2 nitrogen and oxygen atoms in total. The van der Waals surface area contributed by atoms with Gasteiger partial charge in [0.2, 0.25) is 0 Å². The summed E-state index contributed by atoms with van der Waals surface area (Å²) in [5.41, 5.74) is 2.30. The lowest BCUT2D eigenvalue weighted by molar-refractivity contribution is 0.722. The molecule has 0 amide bonds. The summed E-state index contributed by atoms with van der Waals surface area (Å²) in [4.78, 5) is 2.62. The monoisotopic (exact) mass is 388 g/mol. The average molecular weight is 389 g/mol. The quantitative estimate of drug-likeness (QED) is 0.542. The van der Waals surface area contributed by atoms with E-state index in [-0.39, 0.29) is 6.04 Å². The van der Waals surface area contributed by atoms with Gasteiger partial charge in [-0.25, -0.2) is 0 Å². The van der Waals surface area contributed by atoms with Crippen LogP contribution in [-0.2, 0) is 0 Å². The first-order valence-electron chi connectivity index (χ1n) is 7.01. The summed E-state index contributed by atoms with van der Waals surface area (Å²) >= 11 is 7.12. The fraction of sp³-hybridized carbons (Fsp3) is 0.118. The minimum Gasteiger partial charge on any atom is -0.256 e. The zero-order valence-corrected chi connectivity index (χ0v) is 14.9. The van der Waals surface area contributed by atoms with E-state index in [2.05, 4.69) is 74.2 Å².